The molecule has 0 aliphatic rings. The Kier molecular flexibility index (Phi) is 3.73. The SMILES string of the molecule is COC(=O)c1cc(C(C)N)c(OC)cc1O. The number of ether oxygens (including phenoxy) is 2. The zero-order valence-electron chi connectivity index (χ0n) is 9.48. The number of benzene rings is 1. The molecule has 0 radical (unpaired) electrons. The summed E-state index contributed by atoms with van der Waals surface area (Å²) < 4.78 is 9.61. The molecule has 0 aliphatic heterocycles. The Bertz CT molecular complexity index is 401. The van der Waals surface area contributed by atoms with Crippen molar-refractivity contribution in [2.24, 2.45) is 5.73 Å². The van der Waals surface area contributed by atoms with Crippen LogP contribution in [0.4, 0.5) is 0 Å². The van der Waals surface area contributed by atoms with Crippen LogP contribution in [0.5, 0.6) is 11.5 Å². The van der Waals surface area contributed by atoms with Gasteiger partial charge < -0.3 is 20.3 Å². The van der Waals surface area contributed by atoms with Gasteiger partial charge in [0.2, 0.25) is 0 Å². The van der Waals surface area contributed by atoms with E-state index in [1.807, 2.05) is 0 Å². The lowest BCUT2D eigenvalue weighted by Crippen LogP contribution is -2.10. The third-order valence-electron chi connectivity index (χ3n) is 2.24. The lowest BCUT2D eigenvalue weighted by atomic mass is 10.0. The van der Waals surface area contributed by atoms with E-state index < -0.39 is 5.97 Å². The molecule has 16 heavy (non-hydrogen) atoms. The number of aromatic hydroxyl groups is 1. The summed E-state index contributed by atoms with van der Waals surface area (Å²) in [4.78, 5) is 11.3. The first-order valence-corrected chi connectivity index (χ1v) is 4.76. The molecule has 1 atom stereocenters. The minimum Gasteiger partial charge on any atom is -0.507 e. The lowest BCUT2D eigenvalue weighted by Gasteiger charge is -2.14. The minimum atomic E-state index is -0.609. The number of rotatable bonds is 3. The molecule has 0 aliphatic carbocycles. The molecule has 0 saturated carbocycles. The van der Waals surface area contributed by atoms with Crippen LogP contribution in [0.3, 0.4) is 0 Å². The van der Waals surface area contributed by atoms with Crippen LogP contribution >= 0.6 is 0 Å². The van der Waals surface area contributed by atoms with Gasteiger partial charge in [0, 0.05) is 17.7 Å². The smallest absolute Gasteiger partial charge is 0.341 e. The van der Waals surface area contributed by atoms with Crippen LogP contribution in [0.15, 0.2) is 12.1 Å². The fourth-order valence-electron chi connectivity index (χ4n) is 1.39. The van der Waals surface area contributed by atoms with Gasteiger partial charge in [-0.1, -0.05) is 0 Å². The summed E-state index contributed by atoms with van der Waals surface area (Å²) in [6.07, 6.45) is 0. The Morgan fingerprint density at radius 1 is 1.44 bits per heavy atom. The number of phenols is 1. The van der Waals surface area contributed by atoms with Gasteiger partial charge in [-0.15, -0.1) is 0 Å². The van der Waals surface area contributed by atoms with Crippen molar-refractivity contribution in [3.8, 4) is 11.5 Å². The molecule has 3 N–H and O–H groups in total. The summed E-state index contributed by atoms with van der Waals surface area (Å²) in [6, 6.07) is 2.52. The topological polar surface area (TPSA) is 81.8 Å². The largest absolute Gasteiger partial charge is 0.507 e. The molecule has 1 aromatic carbocycles. The van der Waals surface area contributed by atoms with Crippen molar-refractivity contribution in [3.63, 3.8) is 0 Å². The molecule has 1 aromatic rings. The van der Waals surface area contributed by atoms with E-state index in [1.54, 1.807) is 6.92 Å². The summed E-state index contributed by atoms with van der Waals surface area (Å²) in [5.74, 6) is -0.352. The Hall–Kier alpha value is -1.75. The molecule has 1 unspecified atom stereocenters. The molecule has 5 heteroatoms. The van der Waals surface area contributed by atoms with Gasteiger partial charge >= 0.3 is 5.97 Å². The normalized spacial score (nSPS) is 12.0. The minimum absolute atomic E-state index is 0.0793. The summed E-state index contributed by atoms with van der Waals surface area (Å²) in [7, 11) is 2.72. The summed E-state index contributed by atoms with van der Waals surface area (Å²) in [6.45, 7) is 1.76. The number of esters is 1. The predicted molar refractivity (Wildman–Crippen MR) is 58.6 cm³/mol. The number of nitrogens with two attached hydrogens (primary N) is 1. The van der Waals surface area contributed by atoms with Gasteiger partial charge in [0.1, 0.15) is 17.1 Å². The van der Waals surface area contributed by atoms with Crippen molar-refractivity contribution >= 4 is 5.97 Å². The van der Waals surface area contributed by atoms with Gasteiger partial charge in [-0.25, -0.2) is 4.79 Å². The summed E-state index contributed by atoms with van der Waals surface area (Å²) in [5, 5.41) is 9.61. The fraction of sp³-hybridized carbons (Fsp3) is 0.364. The van der Waals surface area contributed by atoms with E-state index in [4.69, 9.17) is 10.5 Å². The van der Waals surface area contributed by atoms with Crippen LogP contribution in [-0.2, 0) is 4.74 Å². The van der Waals surface area contributed by atoms with Crippen molar-refractivity contribution in [1.29, 1.82) is 0 Å². The van der Waals surface area contributed by atoms with E-state index in [2.05, 4.69) is 4.74 Å². The van der Waals surface area contributed by atoms with Crippen LogP contribution in [0.2, 0.25) is 0 Å². The van der Waals surface area contributed by atoms with Crippen LogP contribution < -0.4 is 10.5 Å². The van der Waals surface area contributed by atoms with Gasteiger partial charge in [-0.3, -0.25) is 0 Å². The quantitative estimate of drug-likeness (QED) is 0.755. The number of hydrogen-bond acceptors (Lipinski definition) is 5. The van der Waals surface area contributed by atoms with E-state index in [0.29, 0.717) is 11.3 Å². The molecule has 88 valence electrons. The standard InChI is InChI=1S/C11H15NO4/c1-6(12)7-4-8(11(14)16-3)9(13)5-10(7)15-2/h4-6,13H,12H2,1-3H3. The van der Waals surface area contributed by atoms with Gasteiger partial charge in [0.05, 0.1) is 14.2 Å². The Morgan fingerprint density at radius 2 is 2.06 bits per heavy atom. The predicted octanol–water partition coefficient (Wildman–Crippen LogP) is 1.21. The number of phenolic OH excluding ortho intramolecular Hbond substituents is 1. The van der Waals surface area contributed by atoms with E-state index in [1.165, 1.54) is 26.4 Å². The molecule has 0 spiro atoms. The summed E-state index contributed by atoms with van der Waals surface area (Å²) in [5.41, 5.74) is 6.46. The second-order valence-corrected chi connectivity index (χ2v) is 3.39. The molecule has 1 rings (SSSR count). The third-order valence-corrected chi connectivity index (χ3v) is 2.24. The average Bonchev–Trinajstić information content (AvgIpc) is 2.27. The van der Waals surface area contributed by atoms with Crippen molar-refractivity contribution in [1.82, 2.24) is 0 Å². The molecule has 0 bridgehead atoms. The number of methoxy groups -OCH3 is 2. The van der Waals surface area contributed by atoms with Crippen molar-refractivity contribution in [2.75, 3.05) is 14.2 Å². The van der Waals surface area contributed by atoms with Crippen LogP contribution in [-0.4, -0.2) is 25.3 Å². The maximum atomic E-state index is 11.3. The van der Waals surface area contributed by atoms with Crippen LogP contribution in [0.1, 0.15) is 28.9 Å². The molecule has 0 fully saturated rings. The number of hydrogen-bond donors (Lipinski definition) is 2. The van der Waals surface area contributed by atoms with E-state index in [9.17, 15) is 9.90 Å². The highest BCUT2D eigenvalue weighted by Gasteiger charge is 2.17. The first-order chi connectivity index (χ1) is 7.51. The van der Waals surface area contributed by atoms with Gasteiger partial charge in [-0.05, 0) is 13.0 Å². The molecule has 0 aromatic heterocycles. The zero-order chi connectivity index (χ0) is 12.3. The molecule has 0 heterocycles. The first-order valence-electron chi connectivity index (χ1n) is 4.76. The zero-order valence-corrected chi connectivity index (χ0v) is 9.48. The Balaban J connectivity index is 3.33. The van der Waals surface area contributed by atoms with E-state index in [0.717, 1.165) is 0 Å². The average molecular weight is 225 g/mol. The molecular weight excluding hydrogens is 210 g/mol. The Morgan fingerprint density at radius 3 is 2.50 bits per heavy atom. The Labute approximate surface area is 93.8 Å². The summed E-state index contributed by atoms with van der Waals surface area (Å²) >= 11 is 0. The van der Waals surface area contributed by atoms with Crippen molar-refractivity contribution in [2.45, 2.75) is 13.0 Å². The van der Waals surface area contributed by atoms with Gasteiger partial charge in [-0.2, -0.15) is 0 Å². The number of carbonyl (C=O) groups excluding carboxylic acids is 1. The lowest BCUT2D eigenvalue weighted by molar-refractivity contribution is 0.0597. The maximum absolute atomic E-state index is 11.3. The highest BCUT2D eigenvalue weighted by molar-refractivity contribution is 5.93. The van der Waals surface area contributed by atoms with E-state index >= 15 is 0 Å². The van der Waals surface area contributed by atoms with Gasteiger partial charge in [0.15, 0.2) is 0 Å². The number of carbonyl (C=O) groups is 1. The molecule has 5 nitrogen and oxygen atoms in total. The van der Waals surface area contributed by atoms with Crippen LogP contribution in [0.25, 0.3) is 0 Å². The van der Waals surface area contributed by atoms with Gasteiger partial charge in [0.25, 0.3) is 0 Å². The van der Waals surface area contributed by atoms with Crippen LogP contribution in [0, 0.1) is 0 Å². The van der Waals surface area contributed by atoms with Crippen molar-refractivity contribution in [3.05, 3.63) is 23.3 Å². The van der Waals surface area contributed by atoms with E-state index in [-0.39, 0.29) is 17.4 Å². The third kappa shape index (κ3) is 2.25. The molecule has 0 amide bonds. The monoisotopic (exact) mass is 225 g/mol. The fourth-order valence-corrected chi connectivity index (χ4v) is 1.39. The maximum Gasteiger partial charge on any atom is 0.341 e. The van der Waals surface area contributed by atoms with Crippen molar-refractivity contribution < 1.29 is 19.4 Å². The molecule has 0 saturated heterocycles. The highest BCUT2D eigenvalue weighted by Crippen LogP contribution is 2.31. The second kappa shape index (κ2) is 4.85. The second-order valence-electron chi connectivity index (χ2n) is 3.39. The highest BCUT2D eigenvalue weighted by atomic mass is 16.5. The first kappa shape index (κ1) is 12.3. The molecular formula is C11H15NO4.